The molecule has 2 N–H and O–H groups in total. The van der Waals surface area contributed by atoms with Gasteiger partial charge in [0.1, 0.15) is 5.75 Å². The Morgan fingerprint density at radius 3 is 2.89 bits per heavy atom. The van der Waals surface area contributed by atoms with Crippen LogP contribution in [0.2, 0.25) is 5.02 Å². The van der Waals surface area contributed by atoms with Crippen LogP contribution in [0.4, 0.5) is 0 Å². The van der Waals surface area contributed by atoms with E-state index in [1.54, 1.807) is 7.11 Å². The maximum atomic E-state index is 6.30. The van der Waals surface area contributed by atoms with Gasteiger partial charge in [0.25, 0.3) is 0 Å². The number of nitrogens with two attached hydrogens (primary N) is 1. The lowest BCUT2D eigenvalue weighted by atomic mass is 10.0. The summed E-state index contributed by atoms with van der Waals surface area (Å²) >= 11 is 6.30. The van der Waals surface area contributed by atoms with Crippen LogP contribution in [0.3, 0.4) is 0 Å². The molecule has 0 spiro atoms. The van der Waals surface area contributed by atoms with Gasteiger partial charge in [-0.1, -0.05) is 24.1 Å². The van der Waals surface area contributed by atoms with E-state index in [0.29, 0.717) is 12.0 Å². The van der Waals surface area contributed by atoms with Crippen LogP contribution in [0.1, 0.15) is 24.8 Å². The molecule has 0 aliphatic heterocycles. The van der Waals surface area contributed by atoms with Crippen molar-refractivity contribution in [2.75, 3.05) is 20.7 Å². The predicted octanol–water partition coefficient (Wildman–Crippen LogP) is 2.91. The first kappa shape index (κ1) is 14.6. The molecule has 0 bridgehead atoms. The van der Waals surface area contributed by atoms with Gasteiger partial charge in [0.05, 0.1) is 7.11 Å². The quantitative estimate of drug-likeness (QED) is 0.902. The van der Waals surface area contributed by atoms with Gasteiger partial charge in [-0.25, -0.2) is 0 Å². The SMILES string of the molecule is COc1cccc(Cl)c1CN(C)C1CCCC1CN. The van der Waals surface area contributed by atoms with Gasteiger partial charge >= 0.3 is 0 Å². The number of hydrogen-bond acceptors (Lipinski definition) is 3. The van der Waals surface area contributed by atoms with Gasteiger partial charge in [-0.3, -0.25) is 4.90 Å². The van der Waals surface area contributed by atoms with Gasteiger partial charge in [0.15, 0.2) is 0 Å². The van der Waals surface area contributed by atoms with E-state index in [9.17, 15) is 0 Å². The molecule has 0 radical (unpaired) electrons. The van der Waals surface area contributed by atoms with Crippen LogP contribution in [-0.4, -0.2) is 31.6 Å². The zero-order valence-electron chi connectivity index (χ0n) is 11.7. The molecular formula is C15H23ClN2O. The second kappa shape index (κ2) is 6.60. The first-order chi connectivity index (χ1) is 9.17. The van der Waals surface area contributed by atoms with Crippen LogP contribution >= 0.6 is 11.6 Å². The van der Waals surface area contributed by atoms with Gasteiger partial charge in [0, 0.05) is 23.2 Å². The molecular weight excluding hydrogens is 260 g/mol. The molecule has 3 nitrogen and oxygen atoms in total. The number of nitrogens with zero attached hydrogens (tertiary/aromatic N) is 1. The first-order valence-electron chi connectivity index (χ1n) is 6.89. The van der Waals surface area contributed by atoms with Crippen molar-refractivity contribution >= 4 is 11.6 Å². The smallest absolute Gasteiger partial charge is 0.124 e. The lowest BCUT2D eigenvalue weighted by Gasteiger charge is -2.29. The Kier molecular flexibility index (Phi) is 5.08. The van der Waals surface area contributed by atoms with Crippen molar-refractivity contribution in [2.45, 2.75) is 31.8 Å². The Morgan fingerprint density at radius 2 is 2.21 bits per heavy atom. The van der Waals surface area contributed by atoms with Crippen LogP contribution in [-0.2, 0) is 6.54 Å². The zero-order chi connectivity index (χ0) is 13.8. The normalized spacial score (nSPS) is 23.0. The van der Waals surface area contributed by atoms with E-state index in [-0.39, 0.29) is 0 Å². The van der Waals surface area contributed by atoms with Crippen molar-refractivity contribution in [1.29, 1.82) is 0 Å². The first-order valence-corrected chi connectivity index (χ1v) is 7.26. The van der Waals surface area contributed by atoms with Crippen LogP contribution in [0.15, 0.2) is 18.2 Å². The zero-order valence-corrected chi connectivity index (χ0v) is 12.5. The fourth-order valence-electron chi connectivity index (χ4n) is 3.12. The molecule has 2 rings (SSSR count). The number of hydrogen-bond donors (Lipinski definition) is 1. The summed E-state index contributed by atoms with van der Waals surface area (Å²) in [5.74, 6) is 1.47. The molecule has 2 unspecified atom stereocenters. The summed E-state index contributed by atoms with van der Waals surface area (Å²) in [7, 11) is 3.84. The van der Waals surface area contributed by atoms with Crippen LogP contribution in [0, 0.1) is 5.92 Å². The van der Waals surface area contributed by atoms with Crippen molar-refractivity contribution in [3.63, 3.8) is 0 Å². The highest BCUT2D eigenvalue weighted by Gasteiger charge is 2.29. The lowest BCUT2D eigenvalue weighted by Crippen LogP contribution is -2.37. The number of benzene rings is 1. The molecule has 0 amide bonds. The third-order valence-corrected chi connectivity index (χ3v) is 4.55. The number of rotatable bonds is 5. The van der Waals surface area contributed by atoms with Crippen LogP contribution < -0.4 is 10.5 Å². The van der Waals surface area contributed by atoms with Crippen molar-refractivity contribution in [3.05, 3.63) is 28.8 Å². The minimum atomic E-state index is 0.561. The second-order valence-corrected chi connectivity index (χ2v) is 5.74. The minimum absolute atomic E-state index is 0.561. The van der Waals surface area contributed by atoms with Gasteiger partial charge in [-0.05, 0) is 44.5 Å². The van der Waals surface area contributed by atoms with E-state index >= 15 is 0 Å². The van der Waals surface area contributed by atoms with E-state index in [4.69, 9.17) is 22.1 Å². The summed E-state index contributed by atoms with van der Waals surface area (Å²) in [5.41, 5.74) is 6.93. The largest absolute Gasteiger partial charge is 0.496 e. The molecule has 0 saturated heterocycles. The second-order valence-electron chi connectivity index (χ2n) is 5.33. The van der Waals surface area contributed by atoms with Crippen molar-refractivity contribution in [3.8, 4) is 5.75 Å². The lowest BCUT2D eigenvalue weighted by molar-refractivity contribution is 0.191. The highest BCUT2D eigenvalue weighted by molar-refractivity contribution is 6.31. The minimum Gasteiger partial charge on any atom is -0.496 e. The summed E-state index contributed by atoms with van der Waals surface area (Å²) in [6.07, 6.45) is 3.74. The third-order valence-electron chi connectivity index (χ3n) is 4.19. The van der Waals surface area contributed by atoms with Gasteiger partial charge in [-0.15, -0.1) is 0 Å². The average molecular weight is 283 g/mol. The van der Waals surface area contributed by atoms with Crippen molar-refractivity contribution in [1.82, 2.24) is 4.90 Å². The van der Waals surface area contributed by atoms with Crippen molar-refractivity contribution in [2.24, 2.45) is 11.7 Å². The van der Waals surface area contributed by atoms with Gasteiger partial charge < -0.3 is 10.5 Å². The molecule has 2 atom stereocenters. The summed E-state index contributed by atoms with van der Waals surface area (Å²) in [6, 6.07) is 6.36. The van der Waals surface area contributed by atoms with E-state index in [0.717, 1.165) is 29.4 Å². The molecule has 4 heteroatoms. The Balaban J connectivity index is 2.12. The number of halogens is 1. The topological polar surface area (TPSA) is 38.5 Å². The highest BCUT2D eigenvalue weighted by atomic mass is 35.5. The average Bonchev–Trinajstić information content (AvgIpc) is 2.89. The van der Waals surface area contributed by atoms with E-state index in [2.05, 4.69) is 11.9 Å². The van der Waals surface area contributed by atoms with Crippen LogP contribution in [0.25, 0.3) is 0 Å². The molecule has 19 heavy (non-hydrogen) atoms. The summed E-state index contributed by atoms with van der Waals surface area (Å²) in [4.78, 5) is 2.37. The standard InChI is InChI=1S/C15H23ClN2O/c1-18(14-7-3-5-11(14)9-17)10-12-13(16)6-4-8-15(12)19-2/h4,6,8,11,14H,3,5,7,9-10,17H2,1-2H3. The van der Waals surface area contributed by atoms with E-state index in [1.165, 1.54) is 19.3 Å². The highest BCUT2D eigenvalue weighted by Crippen LogP contribution is 2.32. The third kappa shape index (κ3) is 3.22. The fourth-order valence-corrected chi connectivity index (χ4v) is 3.35. The number of ether oxygens (including phenoxy) is 1. The molecule has 106 valence electrons. The van der Waals surface area contributed by atoms with Crippen LogP contribution in [0.5, 0.6) is 5.75 Å². The Labute approximate surface area is 120 Å². The Hall–Kier alpha value is -0.770. The molecule has 1 aromatic carbocycles. The van der Waals surface area contributed by atoms with E-state index < -0.39 is 0 Å². The monoisotopic (exact) mass is 282 g/mol. The summed E-state index contributed by atoms with van der Waals surface area (Å²) in [5, 5.41) is 0.772. The van der Waals surface area contributed by atoms with Gasteiger partial charge in [-0.2, -0.15) is 0 Å². The Morgan fingerprint density at radius 1 is 1.42 bits per heavy atom. The van der Waals surface area contributed by atoms with Crippen molar-refractivity contribution < 1.29 is 4.74 Å². The molecule has 1 aliphatic rings. The summed E-state index contributed by atoms with van der Waals surface area (Å²) < 4.78 is 5.41. The van der Waals surface area contributed by atoms with Gasteiger partial charge in [0.2, 0.25) is 0 Å². The molecule has 1 saturated carbocycles. The number of methoxy groups -OCH3 is 1. The fraction of sp³-hybridized carbons (Fsp3) is 0.600. The maximum absolute atomic E-state index is 6.30. The molecule has 0 heterocycles. The predicted molar refractivity (Wildman–Crippen MR) is 79.7 cm³/mol. The Bertz CT molecular complexity index is 425. The molecule has 0 aromatic heterocycles. The summed E-state index contributed by atoms with van der Waals surface area (Å²) in [6.45, 7) is 1.58. The molecule has 1 aromatic rings. The maximum Gasteiger partial charge on any atom is 0.124 e. The molecule has 1 aliphatic carbocycles. The molecule has 1 fully saturated rings. The van der Waals surface area contributed by atoms with E-state index in [1.807, 2.05) is 18.2 Å².